The maximum Gasteiger partial charge on any atom is 0.322 e. The molecule has 0 saturated carbocycles. The second-order valence-electron chi connectivity index (χ2n) is 7.85. The molecule has 0 saturated heterocycles. The van der Waals surface area contributed by atoms with E-state index in [1.54, 1.807) is 29.7 Å². The third kappa shape index (κ3) is 4.52. The van der Waals surface area contributed by atoms with Crippen LogP contribution in [0.4, 0.5) is 0 Å². The molecule has 3 N–H and O–H groups in total. The molecule has 0 bridgehead atoms. The summed E-state index contributed by atoms with van der Waals surface area (Å²) in [6, 6.07) is 20.4. The van der Waals surface area contributed by atoms with E-state index in [1.807, 2.05) is 48.5 Å². The van der Waals surface area contributed by atoms with Crippen molar-refractivity contribution in [3.8, 4) is 16.9 Å². The fourth-order valence-electron chi connectivity index (χ4n) is 3.96. The van der Waals surface area contributed by atoms with Gasteiger partial charge in [-0.15, -0.1) is 0 Å². The van der Waals surface area contributed by atoms with Gasteiger partial charge in [0.05, 0.1) is 11.2 Å². The number of rotatable bonds is 7. The zero-order valence-electron chi connectivity index (χ0n) is 18.5. The first-order chi connectivity index (χ1) is 16.4. The number of hydrogen-bond acceptors (Lipinski definition) is 5. The number of carbonyl (C=O) groups is 2. The van der Waals surface area contributed by atoms with Gasteiger partial charge < -0.3 is 20.1 Å². The lowest BCUT2D eigenvalue weighted by molar-refractivity contribution is -0.135. The van der Waals surface area contributed by atoms with E-state index in [9.17, 15) is 19.5 Å². The van der Waals surface area contributed by atoms with Crippen molar-refractivity contribution in [3.05, 3.63) is 94.0 Å². The Labute approximate surface area is 195 Å². The second kappa shape index (κ2) is 9.58. The maximum atomic E-state index is 13.6. The van der Waals surface area contributed by atoms with Gasteiger partial charge in [0.1, 0.15) is 6.54 Å². The third-order valence-corrected chi connectivity index (χ3v) is 5.56. The molecule has 0 fully saturated rings. The fraction of sp³-hybridized carbons (Fsp3) is 0.154. The molecule has 2 heterocycles. The molecule has 0 radical (unpaired) electrons. The first kappa shape index (κ1) is 22.7. The molecule has 1 amide bonds. The van der Waals surface area contributed by atoms with Crippen LogP contribution in [0, 0.1) is 6.92 Å². The normalized spacial score (nSPS) is 10.9. The summed E-state index contributed by atoms with van der Waals surface area (Å²) >= 11 is 0. The summed E-state index contributed by atoms with van der Waals surface area (Å²) < 4.78 is 1.58. The van der Waals surface area contributed by atoms with Gasteiger partial charge in [0, 0.05) is 17.5 Å². The Morgan fingerprint density at radius 3 is 2.32 bits per heavy atom. The maximum absolute atomic E-state index is 13.6. The molecule has 0 spiro atoms. The predicted molar refractivity (Wildman–Crippen MR) is 128 cm³/mol. The lowest BCUT2D eigenvalue weighted by Gasteiger charge is -2.17. The molecule has 2 aromatic heterocycles. The van der Waals surface area contributed by atoms with Gasteiger partial charge in [0.15, 0.2) is 11.4 Å². The number of nitrogens with zero attached hydrogens (tertiary/aromatic N) is 2. The van der Waals surface area contributed by atoms with Crippen LogP contribution in [-0.2, 0) is 17.8 Å². The van der Waals surface area contributed by atoms with Gasteiger partial charge in [-0.3, -0.25) is 14.4 Å². The molecular formula is C26H23N3O5. The van der Waals surface area contributed by atoms with Crippen molar-refractivity contribution < 1.29 is 19.8 Å². The first-order valence-electron chi connectivity index (χ1n) is 10.7. The Morgan fingerprint density at radius 1 is 1.03 bits per heavy atom. The zero-order valence-corrected chi connectivity index (χ0v) is 18.5. The Morgan fingerprint density at radius 2 is 1.68 bits per heavy atom. The monoisotopic (exact) mass is 457 g/mol. The second-order valence-corrected chi connectivity index (χ2v) is 7.85. The molecule has 0 aliphatic heterocycles. The zero-order chi connectivity index (χ0) is 24.2. The Hall–Kier alpha value is -4.46. The number of pyridine rings is 2. The summed E-state index contributed by atoms with van der Waals surface area (Å²) in [6.45, 7) is 1.38. The van der Waals surface area contributed by atoms with Gasteiger partial charge in [-0.1, -0.05) is 60.7 Å². The number of nitrogens with one attached hydrogen (secondary N) is 1. The number of fused-ring (bicyclic) bond motifs is 1. The molecule has 34 heavy (non-hydrogen) atoms. The highest BCUT2D eigenvalue weighted by Gasteiger charge is 2.22. The quantitative estimate of drug-likeness (QED) is 0.392. The van der Waals surface area contributed by atoms with Gasteiger partial charge in [0.25, 0.3) is 11.5 Å². The average molecular weight is 457 g/mol. The molecule has 0 unspecified atom stereocenters. The van der Waals surface area contributed by atoms with Crippen LogP contribution >= 0.6 is 0 Å². The molecule has 172 valence electrons. The molecule has 4 rings (SSSR count). The van der Waals surface area contributed by atoms with Gasteiger partial charge in [-0.2, -0.15) is 0 Å². The number of amides is 1. The summed E-state index contributed by atoms with van der Waals surface area (Å²) in [5, 5.41) is 22.4. The van der Waals surface area contributed by atoms with E-state index < -0.39 is 24.2 Å². The number of aryl methyl sites for hydroxylation is 3. The highest BCUT2D eigenvalue weighted by Crippen LogP contribution is 2.31. The third-order valence-electron chi connectivity index (χ3n) is 5.56. The van der Waals surface area contributed by atoms with Crippen LogP contribution in [0.15, 0.2) is 71.5 Å². The largest absolute Gasteiger partial charge is 0.505 e. The van der Waals surface area contributed by atoms with Crippen molar-refractivity contribution in [1.29, 1.82) is 0 Å². The number of hydrogen-bond donors (Lipinski definition) is 3. The van der Waals surface area contributed by atoms with E-state index in [0.717, 1.165) is 5.56 Å². The van der Waals surface area contributed by atoms with Crippen LogP contribution in [0.3, 0.4) is 0 Å². The molecule has 8 nitrogen and oxygen atoms in total. The molecule has 4 aromatic rings. The van der Waals surface area contributed by atoms with Gasteiger partial charge >= 0.3 is 5.97 Å². The summed E-state index contributed by atoms with van der Waals surface area (Å²) in [7, 11) is 0. The first-order valence-corrected chi connectivity index (χ1v) is 10.7. The van der Waals surface area contributed by atoms with E-state index in [4.69, 9.17) is 5.11 Å². The lowest BCUT2D eigenvalue weighted by Crippen LogP contribution is -2.30. The van der Waals surface area contributed by atoms with Crippen molar-refractivity contribution in [2.45, 2.75) is 19.9 Å². The summed E-state index contributed by atoms with van der Waals surface area (Å²) in [4.78, 5) is 41.2. The van der Waals surface area contributed by atoms with Crippen LogP contribution in [0.2, 0.25) is 0 Å². The Bertz CT molecular complexity index is 1430. The highest BCUT2D eigenvalue weighted by atomic mass is 16.4. The van der Waals surface area contributed by atoms with Crippen molar-refractivity contribution in [3.63, 3.8) is 0 Å². The van der Waals surface area contributed by atoms with Crippen molar-refractivity contribution >= 4 is 22.8 Å². The highest BCUT2D eigenvalue weighted by molar-refractivity contribution is 6.03. The summed E-state index contributed by atoms with van der Waals surface area (Å²) in [5.41, 5.74) is 2.37. The van der Waals surface area contributed by atoms with Crippen LogP contribution in [-0.4, -0.2) is 38.2 Å². The Kier molecular flexibility index (Phi) is 6.40. The SMILES string of the molecule is Cc1nc(C(=O)NCC(=O)O)c(O)c2cc(-c3ccccc3)c(=O)n(CCc3ccccc3)c12. The number of aromatic nitrogens is 2. The van der Waals surface area contributed by atoms with E-state index in [0.29, 0.717) is 40.7 Å². The number of carbonyl (C=O) groups excluding carboxylic acids is 1. The van der Waals surface area contributed by atoms with E-state index >= 15 is 0 Å². The van der Waals surface area contributed by atoms with Crippen molar-refractivity contribution in [2.75, 3.05) is 6.54 Å². The van der Waals surface area contributed by atoms with Crippen LogP contribution < -0.4 is 10.9 Å². The smallest absolute Gasteiger partial charge is 0.322 e. The van der Waals surface area contributed by atoms with Gasteiger partial charge in [0.2, 0.25) is 0 Å². The lowest BCUT2D eigenvalue weighted by atomic mass is 10.0. The molecular weight excluding hydrogens is 434 g/mol. The van der Waals surface area contributed by atoms with E-state index in [-0.39, 0.29) is 11.3 Å². The fourth-order valence-corrected chi connectivity index (χ4v) is 3.96. The minimum Gasteiger partial charge on any atom is -0.505 e. The topological polar surface area (TPSA) is 122 Å². The minimum absolute atomic E-state index is 0.234. The molecule has 0 aliphatic rings. The van der Waals surface area contributed by atoms with Crippen molar-refractivity contribution in [2.24, 2.45) is 0 Å². The van der Waals surface area contributed by atoms with Crippen LogP contribution in [0.5, 0.6) is 5.75 Å². The average Bonchev–Trinajstić information content (AvgIpc) is 2.84. The predicted octanol–water partition coefficient (Wildman–Crippen LogP) is 3.13. The number of aromatic hydroxyl groups is 1. The molecule has 2 aromatic carbocycles. The van der Waals surface area contributed by atoms with Crippen LogP contribution in [0.25, 0.3) is 22.0 Å². The molecule has 0 atom stereocenters. The van der Waals surface area contributed by atoms with Gasteiger partial charge in [-0.25, -0.2) is 4.98 Å². The Balaban J connectivity index is 1.91. The number of carboxylic acid groups (broad SMARTS) is 1. The van der Waals surface area contributed by atoms with Crippen LogP contribution in [0.1, 0.15) is 21.7 Å². The number of carboxylic acids is 1. The number of benzene rings is 2. The molecule has 0 aliphatic carbocycles. The van der Waals surface area contributed by atoms with Gasteiger partial charge in [-0.05, 0) is 30.5 Å². The molecule has 8 heteroatoms. The minimum atomic E-state index is -1.22. The van der Waals surface area contributed by atoms with E-state index in [2.05, 4.69) is 10.3 Å². The van der Waals surface area contributed by atoms with Crippen molar-refractivity contribution in [1.82, 2.24) is 14.9 Å². The summed E-state index contributed by atoms with van der Waals surface area (Å²) in [5.74, 6) is -2.44. The standard InChI is InChI=1S/C26H23N3O5/c1-16-23-20(24(32)22(28-16)25(33)27-15-21(30)31)14-19(18-10-6-3-7-11-18)26(34)29(23)13-12-17-8-4-2-5-9-17/h2-11,14,32H,12-13,15H2,1H3,(H,27,33)(H,30,31). The number of aliphatic carboxylic acids is 1. The van der Waals surface area contributed by atoms with E-state index in [1.165, 1.54) is 0 Å². The summed E-state index contributed by atoms with van der Waals surface area (Å²) in [6.07, 6.45) is 0.579.